The monoisotopic (exact) mass is 560 g/mol. The predicted octanol–water partition coefficient (Wildman–Crippen LogP) is 9.20. The average molecular weight is 561 g/mol. The molecule has 39 heavy (non-hydrogen) atoms. The molecule has 0 radical (unpaired) electrons. The van der Waals surface area contributed by atoms with E-state index in [0.717, 1.165) is 19.6 Å². The predicted molar refractivity (Wildman–Crippen MR) is 166 cm³/mol. The molecule has 4 nitrogen and oxygen atoms in total. The van der Waals surface area contributed by atoms with Crippen molar-refractivity contribution in [1.82, 2.24) is 0 Å². The Labute approximate surface area is 244 Å². The molecule has 0 aliphatic heterocycles. The maximum Gasteiger partial charge on any atom is 0.225 e. The molecule has 5 heteroatoms. The van der Waals surface area contributed by atoms with Crippen LogP contribution >= 0.6 is 11.3 Å². The van der Waals surface area contributed by atoms with Crippen molar-refractivity contribution in [1.29, 1.82) is 0 Å². The fourth-order valence-electron chi connectivity index (χ4n) is 5.02. The van der Waals surface area contributed by atoms with Crippen molar-refractivity contribution in [3.8, 4) is 0 Å². The Kier molecular flexibility index (Phi) is 20.4. The Hall–Kier alpha value is -1.27. The van der Waals surface area contributed by atoms with Crippen molar-refractivity contribution < 1.29 is 18.8 Å². The van der Waals surface area contributed by atoms with Crippen molar-refractivity contribution in [2.24, 2.45) is 0 Å². The smallest absolute Gasteiger partial charge is 0.225 e. The summed E-state index contributed by atoms with van der Waals surface area (Å²) >= 11 is 1.78. The fraction of sp³-hybridized carbons (Fsp3) is 0.735. The highest BCUT2D eigenvalue weighted by Crippen LogP contribution is 2.14. The topological polar surface area (TPSA) is 31.6 Å². The lowest BCUT2D eigenvalue weighted by atomic mass is 10.0. The molecule has 0 bridgehead atoms. The van der Waals surface area contributed by atoms with Gasteiger partial charge in [-0.25, -0.2) is 0 Å². The second-order valence-electron chi connectivity index (χ2n) is 11.2. The molecule has 0 N–H and O–H groups in total. The molecule has 2 rings (SSSR count). The minimum Gasteiger partial charge on any atom is -0.379 e. The van der Waals surface area contributed by atoms with Crippen LogP contribution in [0.15, 0.2) is 36.0 Å². The molecule has 0 saturated carbocycles. The van der Waals surface area contributed by atoms with E-state index in [1.54, 1.807) is 18.4 Å². The highest BCUT2D eigenvalue weighted by atomic mass is 32.1. The van der Waals surface area contributed by atoms with Crippen molar-refractivity contribution in [2.75, 3.05) is 26.9 Å². The average Bonchev–Trinajstić information content (AvgIpc) is 3.35. The number of aryl methyl sites for hydroxylation is 1. The lowest BCUT2D eigenvalue weighted by Gasteiger charge is -2.16. The molecule has 0 saturated heterocycles. The second kappa shape index (κ2) is 23.4. The molecule has 0 fully saturated rings. The lowest BCUT2D eigenvalue weighted by molar-refractivity contribution is -0.683. The van der Waals surface area contributed by atoms with Gasteiger partial charge in [0, 0.05) is 19.3 Å². The zero-order valence-corrected chi connectivity index (χ0v) is 26.3. The van der Waals surface area contributed by atoms with Gasteiger partial charge >= 0.3 is 0 Å². The van der Waals surface area contributed by atoms with Crippen LogP contribution < -0.4 is 4.57 Å². The molecule has 1 heterocycles. The minimum absolute atomic E-state index is 0.0152. The zero-order valence-electron chi connectivity index (χ0n) is 25.5. The third-order valence-electron chi connectivity index (χ3n) is 7.43. The van der Waals surface area contributed by atoms with Crippen LogP contribution in [0.25, 0.3) is 0 Å². The maximum atomic E-state index is 5.96. The number of rotatable bonds is 26. The first-order valence-electron chi connectivity index (χ1n) is 15.9. The number of methoxy groups -OCH3 is 1. The maximum absolute atomic E-state index is 5.96. The summed E-state index contributed by atoms with van der Waals surface area (Å²) in [7, 11) is 1.74. The number of unbranched alkanes of at least 4 members (excludes halogenated alkanes) is 15. The van der Waals surface area contributed by atoms with Crippen LogP contribution in [0.4, 0.5) is 0 Å². The molecule has 1 aromatic heterocycles. The molecular weight excluding hydrogens is 502 g/mol. The van der Waals surface area contributed by atoms with E-state index in [1.165, 1.54) is 112 Å². The summed E-state index contributed by atoms with van der Waals surface area (Å²) in [5.74, 6) is 0. The van der Waals surface area contributed by atoms with Crippen LogP contribution in [0.3, 0.4) is 0 Å². The Morgan fingerprint density at radius 2 is 1.31 bits per heavy atom. The number of benzene rings is 1. The molecule has 0 aliphatic carbocycles. The SMILES string of the molecule is CCCCCCCCCCCCCCCCCCOCC(COCc1cccc(C[n+]2csc(C)c2)c1)OC. The molecule has 0 spiro atoms. The number of ether oxygens (including phenoxy) is 3. The van der Waals surface area contributed by atoms with Gasteiger partial charge < -0.3 is 14.2 Å². The highest BCUT2D eigenvalue weighted by molar-refractivity contribution is 7.09. The van der Waals surface area contributed by atoms with Gasteiger partial charge in [0.25, 0.3) is 0 Å². The van der Waals surface area contributed by atoms with E-state index in [9.17, 15) is 0 Å². The molecule has 0 aliphatic rings. The summed E-state index contributed by atoms with van der Waals surface area (Å²) in [6.07, 6.45) is 24.4. The first-order valence-corrected chi connectivity index (χ1v) is 16.8. The van der Waals surface area contributed by atoms with Gasteiger partial charge in [0.05, 0.1) is 24.7 Å². The van der Waals surface area contributed by atoms with Gasteiger partial charge in [-0.3, -0.25) is 0 Å². The highest BCUT2D eigenvalue weighted by Gasteiger charge is 2.09. The standard InChI is InChI=1S/C34H58NO3S/c1-4-5-6-7-8-9-10-11-12-13-14-15-16-17-18-19-23-37-28-34(36-3)29-38-27-33-22-20-21-32(24-33)26-35-25-31(2)39-30-35/h20-22,24-25,30,34H,4-19,23,26-29H2,1-3H3/q+1. The van der Waals surface area contributed by atoms with Crippen molar-refractivity contribution in [3.63, 3.8) is 0 Å². The van der Waals surface area contributed by atoms with Gasteiger partial charge in [-0.2, -0.15) is 4.57 Å². The zero-order chi connectivity index (χ0) is 27.8. The molecule has 1 unspecified atom stereocenters. The number of hydrogen-bond acceptors (Lipinski definition) is 4. The Bertz CT molecular complexity index is 824. The number of hydrogen-bond donors (Lipinski definition) is 0. The van der Waals surface area contributed by atoms with Gasteiger partial charge in [-0.05, 0) is 25.0 Å². The summed E-state index contributed by atoms with van der Waals surface area (Å²) in [5, 5.41) is 0. The Balaban J connectivity index is 1.38. The van der Waals surface area contributed by atoms with E-state index in [1.807, 2.05) is 0 Å². The van der Waals surface area contributed by atoms with E-state index in [0.29, 0.717) is 19.8 Å². The van der Waals surface area contributed by atoms with E-state index in [4.69, 9.17) is 14.2 Å². The largest absolute Gasteiger partial charge is 0.379 e. The van der Waals surface area contributed by atoms with E-state index in [-0.39, 0.29) is 6.10 Å². The summed E-state index contributed by atoms with van der Waals surface area (Å²) in [6.45, 7) is 7.90. The summed E-state index contributed by atoms with van der Waals surface area (Å²) in [5.41, 5.74) is 4.66. The lowest BCUT2D eigenvalue weighted by Crippen LogP contribution is -2.30. The summed E-state index contributed by atoms with van der Waals surface area (Å²) < 4.78 is 19.7. The van der Waals surface area contributed by atoms with Gasteiger partial charge in [-0.15, -0.1) is 0 Å². The first-order chi connectivity index (χ1) is 19.2. The Morgan fingerprint density at radius 1 is 0.744 bits per heavy atom. The third-order valence-corrected chi connectivity index (χ3v) is 8.28. The molecular formula is C34H58NO3S+. The van der Waals surface area contributed by atoms with Crippen LogP contribution in [0.1, 0.15) is 126 Å². The first kappa shape index (κ1) is 33.9. The third kappa shape index (κ3) is 17.9. The number of thiazole rings is 1. The summed E-state index contributed by atoms with van der Waals surface area (Å²) in [4.78, 5) is 1.33. The van der Waals surface area contributed by atoms with Crippen molar-refractivity contribution >= 4 is 11.3 Å². The van der Waals surface area contributed by atoms with Crippen LogP contribution in [0, 0.1) is 6.92 Å². The second-order valence-corrected chi connectivity index (χ2v) is 12.3. The minimum atomic E-state index is -0.0152. The van der Waals surface area contributed by atoms with Gasteiger partial charge in [0.15, 0.2) is 12.7 Å². The van der Waals surface area contributed by atoms with Gasteiger partial charge in [-0.1, -0.05) is 133 Å². The molecule has 0 amide bonds. The van der Waals surface area contributed by atoms with Crippen LogP contribution in [0.2, 0.25) is 0 Å². The van der Waals surface area contributed by atoms with Crippen LogP contribution in [-0.4, -0.2) is 33.0 Å². The molecule has 1 atom stereocenters. The van der Waals surface area contributed by atoms with E-state index < -0.39 is 0 Å². The fourth-order valence-corrected chi connectivity index (χ4v) is 5.65. The van der Waals surface area contributed by atoms with Crippen LogP contribution in [-0.2, 0) is 27.4 Å². The van der Waals surface area contributed by atoms with Gasteiger partial charge in [0.2, 0.25) is 5.51 Å². The van der Waals surface area contributed by atoms with Crippen molar-refractivity contribution in [3.05, 3.63) is 52.0 Å². The Morgan fingerprint density at radius 3 is 1.87 bits per heavy atom. The van der Waals surface area contributed by atoms with Gasteiger partial charge in [0.1, 0.15) is 6.10 Å². The quantitative estimate of drug-likeness (QED) is 0.0849. The molecule has 1 aromatic carbocycles. The summed E-state index contributed by atoms with van der Waals surface area (Å²) in [6, 6.07) is 8.65. The van der Waals surface area contributed by atoms with Crippen LogP contribution in [0.5, 0.6) is 0 Å². The van der Waals surface area contributed by atoms with Crippen molar-refractivity contribution in [2.45, 2.75) is 136 Å². The normalized spacial score (nSPS) is 12.3. The molecule has 2 aromatic rings. The number of nitrogens with zero attached hydrogens (tertiary/aromatic N) is 1. The number of aromatic nitrogens is 1. The van der Waals surface area contributed by atoms with E-state index >= 15 is 0 Å². The molecule has 222 valence electrons. The van der Waals surface area contributed by atoms with E-state index in [2.05, 4.69) is 54.4 Å².